The van der Waals surface area contributed by atoms with E-state index in [1.807, 2.05) is 6.92 Å². The maximum absolute atomic E-state index is 10.1. The summed E-state index contributed by atoms with van der Waals surface area (Å²) in [5.41, 5.74) is 0. The summed E-state index contributed by atoms with van der Waals surface area (Å²) in [5, 5.41) is 8.85. The van der Waals surface area contributed by atoms with Gasteiger partial charge >= 0.3 is 5.97 Å². The van der Waals surface area contributed by atoms with Crippen LogP contribution in [0.25, 0.3) is 0 Å². The first-order valence-corrected chi connectivity index (χ1v) is 3.15. The molecule has 0 radical (unpaired) electrons. The molecule has 10 heavy (non-hydrogen) atoms. The van der Waals surface area contributed by atoms with Gasteiger partial charge in [-0.3, -0.25) is 4.89 Å². The lowest BCUT2D eigenvalue weighted by Gasteiger charge is -2.05. The Labute approximate surface area is 59.7 Å². The molecule has 0 aliphatic rings. The summed E-state index contributed by atoms with van der Waals surface area (Å²) in [6.07, 6.45) is 0.0284. The molecule has 0 aromatic rings. The molecule has 4 nitrogen and oxygen atoms in total. The number of rotatable bonds is 4. The van der Waals surface area contributed by atoms with E-state index < -0.39 is 12.1 Å². The molecule has 0 aromatic heterocycles. The summed E-state index contributed by atoms with van der Waals surface area (Å²) in [5.74, 6) is -0.511. The first-order chi connectivity index (χ1) is 4.66. The molecule has 0 heterocycles. The SMILES string of the molecule is CCC(O)COOC(C)=O. The molecule has 0 saturated heterocycles. The summed E-state index contributed by atoms with van der Waals surface area (Å²) in [4.78, 5) is 18.5. The molecule has 0 aliphatic heterocycles. The van der Waals surface area contributed by atoms with Gasteiger partial charge in [-0.15, -0.1) is 0 Å². The fourth-order valence-electron chi connectivity index (χ4n) is 0.313. The summed E-state index contributed by atoms with van der Waals surface area (Å²) in [6, 6.07) is 0. The van der Waals surface area contributed by atoms with Crippen LogP contribution in [0, 0.1) is 0 Å². The molecule has 1 unspecified atom stereocenters. The van der Waals surface area contributed by atoms with Gasteiger partial charge in [0.15, 0.2) is 0 Å². The standard InChI is InChI=1S/C6H12O4/c1-3-6(8)4-9-10-5(2)7/h6,8H,3-4H2,1-2H3. The van der Waals surface area contributed by atoms with Gasteiger partial charge in [0.25, 0.3) is 0 Å². The van der Waals surface area contributed by atoms with E-state index in [4.69, 9.17) is 5.11 Å². The topological polar surface area (TPSA) is 55.8 Å². The third-order valence-electron chi connectivity index (χ3n) is 0.908. The van der Waals surface area contributed by atoms with E-state index in [2.05, 4.69) is 9.78 Å². The first-order valence-electron chi connectivity index (χ1n) is 3.15. The molecule has 0 fully saturated rings. The van der Waals surface area contributed by atoms with Crippen LogP contribution in [0.4, 0.5) is 0 Å². The summed E-state index contributed by atoms with van der Waals surface area (Å²) in [7, 11) is 0. The van der Waals surface area contributed by atoms with Crippen LogP contribution in [-0.2, 0) is 14.6 Å². The van der Waals surface area contributed by atoms with Crippen molar-refractivity contribution < 1.29 is 19.7 Å². The van der Waals surface area contributed by atoms with E-state index in [-0.39, 0.29) is 6.61 Å². The molecule has 60 valence electrons. The van der Waals surface area contributed by atoms with Gasteiger partial charge in [-0.05, 0) is 6.42 Å². The van der Waals surface area contributed by atoms with Crippen LogP contribution in [0.1, 0.15) is 20.3 Å². The molecule has 0 bridgehead atoms. The Balaban J connectivity index is 3.11. The van der Waals surface area contributed by atoms with Crippen molar-refractivity contribution in [3.63, 3.8) is 0 Å². The van der Waals surface area contributed by atoms with Crippen LogP contribution in [0.2, 0.25) is 0 Å². The van der Waals surface area contributed by atoms with Crippen molar-refractivity contribution in [2.45, 2.75) is 26.4 Å². The minimum atomic E-state index is -0.556. The number of aliphatic hydroxyl groups is 1. The molecule has 0 spiro atoms. The Kier molecular flexibility index (Phi) is 4.88. The lowest BCUT2D eigenvalue weighted by molar-refractivity contribution is -0.279. The van der Waals surface area contributed by atoms with Crippen molar-refractivity contribution in [1.82, 2.24) is 0 Å². The minimum absolute atomic E-state index is 0.0378. The average molecular weight is 148 g/mol. The average Bonchev–Trinajstić information content (AvgIpc) is 1.87. The van der Waals surface area contributed by atoms with E-state index in [1.54, 1.807) is 0 Å². The fraction of sp³-hybridized carbons (Fsp3) is 0.833. The Bertz CT molecular complexity index is 102. The van der Waals surface area contributed by atoms with E-state index in [0.717, 1.165) is 0 Å². The summed E-state index contributed by atoms with van der Waals surface area (Å²) < 4.78 is 0. The van der Waals surface area contributed by atoms with Crippen LogP contribution in [-0.4, -0.2) is 23.8 Å². The lowest BCUT2D eigenvalue weighted by Crippen LogP contribution is -2.15. The fourth-order valence-corrected chi connectivity index (χ4v) is 0.313. The molecular weight excluding hydrogens is 136 g/mol. The zero-order valence-corrected chi connectivity index (χ0v) is 6.16. The van der Waals surface area contributed by atoms with E-state index in [9.17, 15) is 4.79 Å². The zero-order valence-electron chi connectivity index (χ0n) is 6.16. The van der Waals surface area contributed by atoms with E-state index in [0.29, 0.717) is 6.42 Å². The van der Waals surface area contributed by atoms with Gasteiger partial charge in [-0.25, -0.2) is 4.79 Å². The largest absolute Gasteiger partial charge is 0.391 e. The normalized spacial score (nSPS) is 12.7. The summed E-state index contributed by atoms with van der Waals surface area (Å²) in [6.45, 7) is 3.08. The quantitative estimate of drug-likeness (QED) is 0.458. The molecular formula is C6H12O4. The predicted octanol–water partition coefficient (Wildman–Crippen LogP) is 0.252. The molecule has 1 atom stereocenters. The van der Waals surface area contributed by atoms with Crippen molar-refractivity contribution in [1.29, 1.82) is 0 Å². The highest BCUT2D eigenvalue weighted by molar-refractivity contribution is 5.65. The lowest BCUT2D eigenvalue weighted by atomic mass is 10.3. The Morgan fingerprint density at radius 2 is 2.30 bits per heavy atom. The van der Waals surface area contributed by atoms with Gasteiger partial charge < -0.3 is 5.11 Å². The number of carbonyl (C=O) groups is 1. The zero-order chi connectivity index (χ0) is 7.98. The smallest absolute Gasteiger partial charge is 0.339 e. The first kappa shape index (κ1) is 9.39. The maximum atomic E-state index is 10.1. The van der Waals surface area contributed by atoms with Gasteiger partial charge in [-0.1, -0.05) is 6.92 Å². The van der Waals surface area contributed by atoms with Crippen molar-refractivity contribution >= 4 is 5.97 Å². The van der Waals surface area contributed by atoms with Crippen molar-refractivity contribution in [3.8, 4) is 0 Å². The van der Waals surface area contributed by atoms with Crippen molar-refractivity contribution in [3.05, 3.63) is 0 Å². The number of aliphatic hydroxyl groups excluding tert-OH is 1. The van der Waals surface area contributed by atoms with Crippen LogP contribution >= 0.6 is 0 Å². The van der Waals surface area contributed by atoms with Crippen molar-refractivity contribution in [2.75, 3.05) is 6.61 Å². The molecule has 1 N–H and O–H groups in total. The second-order valence-corrected chi connectivity index (χ2v) is 1.92. The third-order valence-corrected chi connectivity index (χ3v) is 0.908. The maximum Gasteiger partial charge on any atom is 0.339 e. The van der Waals surface area contributed by atoms with Gasteiger partial charge in [0.05, 0.1) is 6.10 Å². The highest BCUT2D eigenvalue weighted by Gasteiger charge is 2.01. The molecule has 0 amide bonds. The van der Waals surface area contributed by atoms with Gasteiger partial charge in [0, 0.05) is 6.92 Å². The second kappa shape index (κ2) is 5.20. The number of hydrogen-bond acceptors (Lipinski definition) is 4. The van der Waals surface area contributed by atoms with Gasteiger partial charge in [0.2, 0.25) is 0 Å². The monoisotopic (exact) mass is 148 g/mol. The molecule has 0 rings (SSSR count). The highest BCUT2D eigenvalue weighted by Crippen LogP contribution is 1.91. The summed E-state index contributed by atoms with van der Waals surface area (Å²) >= 11 is 0. The van der Waals surface area contributed by atoms with Crippen LogP contribution in [0.15, 0.2) is 0 Å². The van der Waals surface area contributed by atoms with Gasteiger partial charge in [0.1, 0.15) is 6.61 Å². The molecule has 4 heteroatoms. The van der Waals surface area contributed by atoms with Crippen LogP contribution in [0.5, 0.6) is 0 Å². The number of hydrogen-bond donors (Lipinski definition) is 1. The van der Waals surface area contributed by atoms with Crippen LogP contribution < -0.4 is 0 Å². The second-order valence-electron chi connectivity index (χ2n) is 1.92. The third kappa shape index (κ3) is 5.53. The van der Waals surface area contributed by atoms with E-state index >= 15 is 0 Å². The molecule has 0 aliphatic carbocycles. The van der Waals surface area contributed by atoms with Crippen LogP contribution in [0.3, 0.4) is 0 Å². The Hall–Kier alpha value is -0.610. The van der Waals surface area contributed by atoms with Gasteiger partial charge in [-0.2, -0.15) is 4.89 Å². The highest BCUT2D eigenvalue weighted by atomic mass is 17.2. The molecule has 0 saturated carbocycles. The van der Waals surface area contributed by atoms with Crippen molar-refractivity contribution in [2.24, 2.45) is 0 Å². The number of carbonyl (C=O) groups excluding carboxylic acids is 1. The Morgan fingerprint density at radius 3 is 2.70 bits per heavy atom. The predicted molar refractivity (Wildman–Crippen MR) is 34.0 cm³/mol. The molecule has 0 aromatic carbocycles. The minimum Gasteiger partial charge on any atom is -0.391 e. The Morgan fingerprint density at radius 1 is 1.70 bits per heavy atom. The van der Waals surface area contributed by atoms with E-state index in [1.165, 1.54) is 6.92 Å².